The molecule has 0 saturated heterocycles. The Bertz CT molecular complexity index is 440. The van der Waals surface area contributed by atoms with Gasteiger partial charge in [-0.25, -0.2) is 0 Å². The van der Waals surface area contributed by atoms with E-state index >= 15 is 0 Å². The minimum atomic E-state index is -1.72. The summed E-state index contributed by atoms with van der Waals surface area (Å²) in [7, 11) is -1.72. The molecule has 0 aromatic heterocycles. The summed E-state index contributed by atoms with van der Waals surface area (Å²) in [4.78, 5) is 0. The zero-order chi connectivity index (χ0) is 17.5. The number of ether oxygens (including phenoxy) is 1. The standard InChI is InChI=1S/C19H34O3Si/c1-16(14-21-15-17-10-8-7-9-11-17)18(20)12-13-22-23(5,6)19(2,3)4/h7-11,16,18,20H,12-15H2,1-6H3. The summed E-state index contributed by atoms with van der Waals surface area (Å²) in [5, 5.41) is 10.5. The van der Waals surface area contributed by atoms with Gasteiger partial charge >= 0.3 is 0 Å². The van der Waals surface area contributed by atoms with Gasteiger partial charge in [0.1, 0.15) is 0 Å². The van der Waals surface area contributed by atoms with Gasteiger partial charge in [0, 0.05) is 12.5 Å². The van der Waals surface area contributed by atoms with Crippen LogP contribution in [0.2, 0.25) is 18.1 Å². The Morgan fingerprint density at radius 2 is 1.74 bits per heavy atom. The van der Waals surface area contributed by atoms with Crippen LogP contribution in [0.15, 0.2) is 30.3 Å². The number of hydrogen-bond donors (Lipinski definition) is 1. The van der Waals surface area contributed by atoms with Gasteiger partial charge in [-0.1, -0.05) is 58.0 Å². The Balaban J connectivity index is 2.25. The minimum absolute atomic E-state index is 0.113. The van der Waals surface area contributed by atoms with Gasteiger partial charge in [-0.15, -0.1) is 0 Å². The first-order valence-electron chi connectivity index (χ1n) is 8.57. The second-order valence-electron chi connectivity index (χ2n) is 7.94. The zero-order valence-corrected chi connectivity index (χ0v) is 16.6. The molecule has 0 bridgehead atoms. The van der Waals surface area contributed by atoms with E-state index in [1.165, 1.54) is 0 Å². The van der Waals surface area contributed by atoms with E-state index < -0.39 is 8.32 Å². The van der Waals surface area contributed by atoms with Gasteiger partial charge in [-0.3, -0.25) is 0 Å². The van der Waals surface area contributed by atoms with Gasteiger partial charge in [0.15, 0.2) is 8.32 Å². The van der Waals surface area contributed by atoms with Crippen molar-refractivity contribution in [2.45, 2.75) is 65.0 Å². The van der Waals surface area contributed by atoms with Crippen LogP contribution >= 0.6 is 0 Å². The number of aliphatic hydroxyl groups is 1. The van der Waals surface area contributed by atoms with Crippen LogP contribution in [0.4, 0.5) is 0 Å². The quantitative estimate of drug-likeness (QED) is 0.668. The molecule has 0 aliphatic heterocycles. The Hall–Kier alpha value is -0.683. The fourth-order valence-corrected chi connectivity index (χ4v) is 3.05. The van der Waals surface area contributed by atoms with E-state index in [0.29, 0.717) is 26.2 Å². The van der Waals surface area contributed by atoms with E-state index in [1.54, 1.807) is 0 Å². The first-order valence-corrected chi connectivity index (χ1v) is 11.5. The van der Waals surface area contributed by atoms with Gasteiger partial charge < -0.3 is 14.3 Å². The second kappa shape index (κ2) is 8.97. The molecule has 0 aliphatic rings. The Morgan fingerprint density at radius 3 is 2.30 bits per heavy atom. The lowest BCUT2D eigenvalue weighted by molar-refractivity contribution is 0.0189. The smallest absolute Gasteiger partial charge is 0.191 e. The summed E-state index contributed by atoms with van der Waals surface area (Å²) in [5.74, 6) is 0.113. The van der Waals surface area contributed by atoms with Crippen LogP contribution < -0.4 is 0 Å². The average molecular weight is 339 g/mol. The Morgan fingerprint density at radius 1 is 1.13 bits per heavy atom. The van der Waals surface area contributed by atoms with Crippen molar-refractivity contribution in [1.82, 2.24) is 0 Å². The molecule has 0 aliphatic carbocycles. The first-order chi connectivity index (χ1) is 10.6. The summed E-state index contributed by atoms with van der Waals surface area (Å²) < 4.78 is 11.8. The molecule has 1 aromatic carbocycles. The highest BCUT2D eigenvalue weighted by atomic mass is 28.4. The summed E-state index contributed by atoms with van der Waals surface area (Å²) in [5.41, 5.74) is 1.16. The highest BCUT2D eigenvalue weighted by Gasteiger charge is 2.37. The molecule has 1 aromatic rings. The maximum absolute atomic E-state index is 10.3. The molecule has 2 atom stereocenters. The van der Waals surface area contributed by atoms with E-state index in [9.17, 15) is 5.11 Å². The van der Waals surface area contributed by atoms with Crippen molar-refractivity contribution in [2.75, 3.05) is 13.2 Å². The molecule has 0 radical (unpaired) electrons. The SMILES string of the molecule is CC(COCc1ccccc1)C(O)CCO[Si](C)(C)C(C)(C)C. The first kappa shape index (κ1) is 20.4. The monoisotopic (exact) mass is 338 g/mol. The van der Waals surface area contributed by atoms with Crippen LogP contribution in [-0.4, -0.2) is 32.7 Å². The normalized spacial score (nSPS) is 15.4. The van der Waals surface area contributed by atoms with Crippen molar-refractivity contribution in [3.8, 4) is 0 Å². The molecule has 0 heterocycles. The van der Waals surface area contributed by atoms with Gasteiger partial charge in [0.2, 0.25) is 0 Å². The summed E-state index contributed by atoms with van der Waals surface area (Å²) in [6.07, 6.45) is 0.290. The van der Waals surface area contributed by atoms with Crippen LogP contribution in [0.3, 0.4) is 0 Å². The summed E-state index contributed by atoms with van der Waals surface area (Å²) in [6.45, 7) is 15.0. The molecule has 1 rings (SSSR count). The lowest BCUT2D eigenvalue weighted by Crippen LogP contribution is -2.41. The van der Waals surface area contributed by atoms with Gasteiger partial charge in [-0.2, -0.15) is 0 Å². The highest BCUT2D eigenvalue weighted by molar-refractivity contribution is 6.74. The minimum Gasteiger partial charge on any atom is -0.417 e. The lowest BCUT2D eigenvalue weighted by atomic mass is 10.0. The molecule has 4 heteroatoms. The van der Waals surface area contributed by atoms with E-state index in [4.69, 9.17) is 9.16 Å². The molecule has 0 amide bonds. The van der Waals surface area contributed by atoms with E-state index in [2.05, 4.69) is 33.9 Å². The predicted molar refractivity (Wildman–Crippen MR) is 99.0 cm³/mol. The van der Waals surface area contributed by atoms with Crippen LogP contribution in [0, 0.1) is 5.92 Å². The van der Waals surface area contributed by atoms with Crippen molar-refractivity contribution < 1.29 is 14.3 Å². The summed E-state index contributed by atoms with van der Waals surface area (Å²) >= 11 is 0. The summed E-state index contributed by atoms with van der Waals surface area (Å²) in [6, 6.07) is 10.1. The number of hydrogen-bond acceptors (Lipinski definition) is 3. The molecular formula is C19H34O3Si. The van der Waals surface area contributed by atoms with Crippen LogP contribution in [0.1, 0.15) is 39.7 Å². The van der Waals surface area contributed by atoms with E-state index in [1.807, 2.05) is 37.3 Å². The van der Waals surface area contributed by atoms with Crippen molar-refractivity contribution >= 4 is 8.32 Å². The van der Waals surface area contributed by atoms with Gasteiger partial charge in [0.25, 0.3) is 0 Å². The largest absolute Gasteiger partial charge is 0.417 e. The van der Waals surface area contributed by atoms with Crippen LogP contribution in [-0.2, 0) is 15.8 Å². The van der Waals surface area contributed by atoms with Crippen molar-refractivity contribution in [3.63, 3.8) is 0 Å². The second-order valence-corrected chi connectivity index (χ2v) is 12.8. The maximum atomic E-state index is 10.3. The molecule has 2 unspecified atom stereocenters. The molecule has 0 spiro atoms. The Kier molecular flexibility index (Phi) is 7.94. The molecule has 0 saturated carbocycles. The van der Waals surface area contributed by atoms with Gasteiger partial charge in [-0.05, 0) is 30.1 Å². The molecule has 132 valence electrons. The van der Waals surface area contributed by atoms with Crippen molar-refractivity contribution in [1.29, 1.82) is 0 Å². The third-order valence-electron chi connectivity index (χ3n) is 4.83. The van der Waals surface area contributed by atoms with Crippen LogP contribution in [0.25, 0.3) is 0 Å². The van der Waals surface area contributed by atoms with Crippen molar-refractivity contribution in [2.24, 2.45) is 5.92 Å². The number of rotatable bonds is 9. The maximum Gasteiger partial charge on any atom is 0.191 e. The number of benzene rings is 1. The van der Waals surface area contributed by atoms with Gasteiger partial charge in [0.05, 0.1) is 19.3 Å². The van der Waals surface area contributed by atoms with E-state index in [0.717, 1.165) is 5.56 Å². The van der Waals surface area contributed by atoms with Crippen LogP contribution in [0.5, 0.6) is 0 Å². The molecule has 1 N–H and O–H groups in total. The average Bonchev–Trinajstić information content (AvgIpc) is 2.46. The number of aliphatic hydroxyl groups excluding tert-OH is 1. The lowest BCUT2D eigenvalue weighted by Gasteiger charge is -2.36. The zero-order valence-electron chi connectivity index (χ0n) is 15.6. The fourth-order valence-electron chi connectivity index (χ4n) is 1.98. The third-order valence-corrected chi connectivity index (χ3v) is 9.37. The Labute approximate surface area is 143 Å². The molecular weight excluding hydrogens is 304 g/mol. The molecule has 0 fully saturated rings. The fraction of sp³-hybridized carbons (Fsp3) is 0.684. The molecule has 23 heavy (non-hydrogen) atoms. The molecule has 3 nitrogen and oxygen atoms in total. The van der Waals surface area contributed by atoms with Crippen molar-refractivity contribution in [3.05, 3.63) is 35.9 Å². The highest BCUT2D eigenvalue weighted by Crippen LogP contribution is 2.36. The predicted octanol–water partition coefficient (Wildman–Crippen LogP) is 4.61. The third kappa shape index (κ3) is 7.17. The van der Waals surface area contributed by atoms with E-state index in [-0.39, 0.29) is 17.1 Å². The topological polar surface area (TPSA) is 38.7 Å².